The number of esters is 1. The first-order chi connectivity index (χ1) is 12.8. The third kappa shape index (κ3) is 3.48. The molecule has 0 spiro atoms. The van der Waals surface area contributed by atoms with Crippen molar-refractivity contribution in [1.29, 1.82) is 0 Å². The van der Waals surface area contributed by atoms with E-state index >= 15 is 0 Å². The molecule has 3 aromatic rings. The molecule has 0 fully saturated rings. The summed E-state index contributed by atoms with van der Waals surface area (Å²) in [5.41, 5.74) is 2.39. The summed E-state index contributed by atoms with van der Waals surface area (Å²) >= 11 is 3.25. The van der Waals surface area contributed by atoms with Gasteiger partial charge in [-0.3, -0.25) is 4.79 Å². The number of thiophene rings is 1. The van der Waals surface area contributed by atoms with Crippen LogP contribution in [0.15, 0.2) is 35.4 Å². The Kier molecular flexibility index (Phi) is 5.22. The highest BCUT2D eigenvalue weighted by atomic mass is 32.2. The first kappa shape index (κ1) is 17.5. The summed E-state index contributed by atoms with van der Waals surface area (Å²) in [6.45, 7) is 2.23. The van der Waals surface area contributed by atoms with E-state index in [-0.39, 0.29) is 11.7 Å². The van der Waals surface area contributed by atoms with Crippen LogP contribution in [0.3, 0.4) is 0 Å². The van der Waals surface area contributed by atoms with Gasteiger partial charge in [-0.2, -0.15) is 0 Å². The zero-order chi connectivity index (χ0) is 17.9. The molecule has 4 rings (SSSR count). The van der Waals surface area contributed by atoms with Crippen molar-refractivity contribution in [2.45, 2.75) is 37.6 Å². The van der Waals surface area contributed by atoms with Gasteiger partial charge in [-0.15, -0.1) is 11.3 Å². The average Bonchev–Trinajstić information content (AvgIpc) is 3.05. The lowest BCUT2D eigenvalue weighted by atomic mass is 9.97. The fourth-order valence-corrected chi connectivity index (χ4v) is 5.45. The molecule has 2 aromatic heterocycles. The monoisotopic (exact) mass is 384 g/mol. The predicted molar refractivity (Wildman–Crippen MR) is 107 cm³/mol. The highest BCUT2D eigenvalue weighted by molar-refractivity contribution is 8.00. The molecule has 1 aliphatic rings. The minimum Gasteiger partial charge on any atom is -0.465 e. The van der Waals surface area contributed by atoms with Crippen LogP contribution in [0.4, 0.5) is 0 Å². The Hall–Kier alpha value is -1.92. The van der Waals surface area contributed by atoms with Gasteiger partial charge in [0, 0.05) is 15.8 Å². The van der Waals surface area contributed by atoms with Gasteiger partial charge in [-0.25, -0.2) is 9.97 Å². The molecular formula is C20H20N2O2S2. The number of benzene rings is 1. The third-order valence-corrected chi connectivity index (χ3v) is 6.58. The molecule has 1 aliphatic carbocycles. The number of thioether (sulfide) groups is 1. The Morgan fingerprint density at radius 3 is 2.81 bits per heavy atom. The van der Waals surface area contributed by atoms with E-state index in [0.717, 1.165) is 39.5 Å². The molecule has 0 amide bonds. The van der Waals surface area contributed by atoms with Crippen LogP contribution in [0, 0.1) is 0 Å². The maximum Gasteiger partial charge on any atom is 0.316 e. The molecule has 0 bridgehead atoms. The number of carbonyl (C=O) groups excluding carboxylic acids is 1. The molecule has 134 valence electrons. The van der Waals surface area contributed by atoms with E-state index in [1.54, 1.807) is 11.3 Å². The summed E-state index contributed by atoms with van der Waals surface area (Å²) in [7, 11) is 0. The van der Waals surface area contributed by atoms with Crippen molar-refractivity contribution in [3.05, 3.63) is 40.8 Å². The van der Waals surface area contributed by atoms with Gasteiger partial charge in [0.05, 0.1) is 12.4 Å². The van der Waals surface area contributed by atoms with Crippen LogP contribution < -0.4 is 0 Å². The van der Waals surface area contributed by atoms with E-state index < -0.39 is 0 Å². The van der Waals surface area contributed by atoms with Crippen molar-refractivity contribution in [3.63, 3.8) is 0 Å². The molecular weight excluding hydrogens is 364 g/mol. The molecule has 26 heavy (non-hydrogen) atoms. The van der Waals surface area contributed by atoms with E-state index in [4.69, 9.17) is 14.7 Å². The Labute approximate surface area is 161 Å². The largest absolute Gasteiger partial charge is 0.465 e. The van der Waals surface area contributed by atoms with Crippen molar-refractivity contribution in [1.82, 2.24) is 9.97 Å². The van der Waals surface area contributed by atoms with Crippen molar-refractivity contribution < 1.29 is 9.53 Å². The summed E-state index contributed by atoms with van der Waals surface area (Å²) in [5.74, 6) is 0.802. The van der Waals surface area contributed by atoms with Crippen LogP contribution in [0.2, 0.25) is 0 Å². The van der Waals surface area contributed by atoms with E-state index in [1.807, 2.05) is 37.3 Å². The Bertz CT molecular complexity index is 938. The first-order valence-electron chi connectivity index (χ1n) is 8.92. The van der Waals surface area contributed by atoms with Gasteiger partial charge in [-0.05, 0) is 38.2 Å². The van der Waals surface area contributed by atoms with Crippen molar-refractivity contribution >= 4 is 39.3 Å². The van der Waals surface area contributed by atoms with Gasteiger partial charge >= 0.3 is 5.97 Å². The number of hydrogen-bond acceptors (Lipinski definition) is 6. The fraction of sp³-hybridized carbons (Fsp3) is 0.350. The smallest absolute Gasteiger partial charge is 0.316 e. The molecule has 4 nitrogen and oxygen atoms in total. The average molecular weight is 385 g/mol. The summed E-state index contributed by atoms with van der Waals surface area (Å²) in [6.07, 6.45) is 4.65. The van der Waals surface area contributed by atoms with Gasteiger partial charge in [0.15, 0.2) is 5.82 Å². The number of ether oxygens (including phenoxy) is 1. The van der Waals surface area contributed by atoms with Gasteiger partial charge in [0.1, 0.15) is 9.86 Å². The number of nitrogens with zero attached hydrogens (tertiary/aromatic N) is 2. The standard InChI is InChI=1S/C20H20N2O2S2/c1-2-24-16(23)12-25-19-17-14-10-6-7-11-15(14)26-20(17)22-18(21-19)13-8-4-3-5-9-13/h3-5,8-9H,2,6-7,10-12H2,1H3. The molecule has 0 unspecified atom stereocenters. The number of hydrogen-bond donors (Lipinski definition) is 0. The number of aromatic nitrogens is 2. The van der Waals surface area contributed by atoms with Gasteiger partial charge in [-0.1, -0.05) is 42.1 Å². The van der Waals surface area contributed by atoms with Crippen LogP contribution in [0.1, 0.15) is 30.2 Å². The molecule has 0 N–H and O–H groups in total. The van der Waals surface area contributed by atoms with Crippen molar-refractivity contribution in [2.75, 3.05) is 12.4 Å². The minimum atomic E-state index is -0.199. The highest BCUT2D eigenvalue weighted by Gasteiger charge is 2.22. The lowest BCUT2D eigenvalue weighted by Crippen LogP contribution is -2.07. The number of carbonyl (C=O) groups is 1. The minimum absolute atomic E-state index is 0.199. The van der Waals surface area contributed by atoms with Crippen molar-refractivity contribution in [3.8, 4) is 11.4 Å². The lowest BCUT2D eigenvalue weighted by molar-refractivity contribution is -0.139. The number of fused-ring (bicyclic) bond motifs is 3. The Morgan fingerprint density at radius 2 is 2.00 bits per heavy atom. The summed E-state index contributed by atoms with van der Waals surface area (Å²) in [6, 6.07) is 10.0. The Balaban J connectivity index is 1.79. The summed E-state index contributed by atoms with van der Waals surface area (Å²) < 4.78 is 5.08. The van der Waals surface area contributed by atoms with Crippen LogP contribution in [0.25, 0.3) is 21.6 Å². The zero-order valence-electron chi connectivity index (χ0n) is 14.7. The molecule has 0 atom stereocenters. The quantitative estimate of drug-likeness (QED) is 0.356. The van der Waals surface area contributed by atoms with E-state index in [0.29, 0.717) is 6.61 Å². The van der Waals surface area contributed by atoms with Crippen LogP contribution in [-0.4, -0.2) is 28.3 Å². The second-order valence-electron chi connectivity index (χ2n) is 6.20. The van der Waals surface area contributed by atoms with Gasteiger partial charge in [0.25, 0.3) is 0 Å². The Morgan fingerprint density at radius 1 is 1.19 bits per heavy atom. The maximum atomic E-state index is 11.9. The van der Waals surface area contributed by atoms with Crippen LogP contribution >= 0.6 is 23.1 Å². The van der Waals surface area contributed by atoms with E-state index in [9.17, 15) is 4.79 Å². The number of rotatable bonds is 5. The van der Waals surface area contributed by atoms with E-state index in [2.05, 4.69) is 0 Å². The summed E-state index contributed by atoms with van der Waals surface area (Å²) in [4.78, 5) is 24.0. The second-order valence-corrected chi connectivity index (χ2v) is 8.25. The zero-order valence-corrected chi connectivity index (χ0v) is 16.3. The molecule has 0 radical (unpaired) electrons. The molecule has 0 aliphatic heterocycles. The second kappa shape index (κ2) is 7.76. The SMILES string of the molecule is CCOC(=O)CSc1nc(-c2ccccc2)nc2sc3c(c12)CCCC3. The molecule has 0 saturated heterocycles. The van der Waals surface area contributed by atoms with E-state index in [1.165, 1.54) is 35.0 Å². The molecule has 0 saturated carbocycles. The van der Waals surface area contributed by atoms with Crippen LogP contribution in [-0.2, 0) is 22.4 Å². The van der Waals surface area contributed by atoms with Gasteiger partial charge < -0.3 is 4.74 Å². The fourth-order valence-electron chi connectivity index (χ4n) is 3.27. The summed E-state index contributed by atoms with van der Waals surface area (Å²) in [5, 5.41) is 2.06. The van der Waals surface area contributed by atoms with Crippen molar-refractivity contribution in [2.24, 2.45) is 0 Å². The molecule has 6 heteroatoms. The number of aryl methyl sites for hydroxylation is 2. The maximum absolute atomic E-state index is 11.9. The topological polar surface area (TPSA) is 52.1 Å². The molecule has 1 aromatic carbocycles. The van der Waals surface area contributed by atoms with Gasteiger partial charge in [0.2, 0.25) is 0 Å². The predicted octanol–water partition coefficient (Wildman–Crippen LogP) is 4.89. The molecule has 2 heterocycles. The first-order valence-corrected chi connectivity index (χ1v) is 10.7. The lowest BCUT2D eigenvalue weighted by Gasteiger charge is -2.12. The third-order valence-electron chi connectivity index (χ3n) is 4.45. The highest BCUT2D eigenvalue weighted by Crippen LogP contribution is 2.40. The van der Waals surface area contributed by atoms with Crippen LogP contribution in [0.5, 0.6) is 0 Å². The normalized spacial score (nSPS) is 13.6.